The zero-order valence-corrected chi connectivity index (χ0v) is 25.9. The fourth-order valence-electron chi connectivity index (χ4n) is 4.90. The van der Waals surface area contributed by atoms with Crippen LogP contribution in [-0.2, 0) is 20.8 Å². The number of hydrogen-bond donors (Lipinski definition) is 0. The van der Waals surface area contributed by atoms with Crippen molar-refractivity contribution >= 4 is 47.7 Å². The summed E-state index contributed by atoms with van der Waals surface area (Å²) in [7, 11) is 10.7. The summed E-state index contributed by atoms with van der Waals surface area (Å²) in [6.07, 6.45) is 0. The van der Waals surface area contributed by atoms with E-state index in [1.165, 1.54) is 60.1 Å². The van der Waals surface area contributed by atoms with E-state index in [2.05, 4.69) is 134 Å². The summed E-state index contributed by atoms with van der Waals surface area (Å²) in [4.78, 5) is 0. The van der Waals surface area contributed by atoms with Crippen molar-refractivity contribution in [2.75, 3.05) is 0 Å². The van der Waals surface area contributed by atoms with Gasteiger partial charge in [0.05, 0.1) is 9.52 Å². The van der Waals surface area contributed by atoms with Crippen LogP contribution in [0.1, 0.15) is 5.56 Å². The van der Waals surface area contributed by atoms with Gasteiger partial charge < -0.3 is 0 Å². The third kappa shape index (κ3) is 6.00. The van der Waals surface area contributed by atoms with Gasteiger partial charge in [-0.2, -0.15) is 29.5 Å². The molecule has 182 valence electrons. The molecule has 0 spiro atoms. The second-order valence-electron chi connectivity index (χ2n) is 8.94. The zero-order valence-electron chi connectivity index (χ0n) is 20.9. The van der Waals surface area contributed by atoms with Crippen molar-refractivity contribution in [1.82, 2.24) is 0 Å². The van der Waals surface area contributed by atoms with Crippen molar-refractivity contribution < 1.29 is 20.8 Å². The topological polar surface area (TPSA) is 0 Å². The number of benzene rings is 5. The fraction of sp³-hybridized carbons (Fsp3) is 0.0294. The minimum absolute atomic E-state index is 0.795. The van der Waals surface area contributed by atoms with Gasteiger partial charge in [-0.25, -0.2) is 0 Å². The Morgan fingerprint density at radius 3 is 2.08 bits per heavy atom. The molecular weight excluding hydrogens is 599 g/mol. The number of halogens is 2. The Morgan fingerprint density at radius 2 is 1.34 bits per heavy atom. The van der Waals surface area contributed by atoms with Crippen LogP contribution in [0, 0.1) is 13.0 Å². The molecule has 0 bridgehead atoms. The summed E-state index contributed by atoms with van der Waals surface area (Å²) in [5.41, 5.74) is 9.29. The van der Waals surface area contributed by atoms with Crippen molar-refractivity contribution in [3.05, 3.63) is 139 Å². The molecular formula is C34H24Cl2SiZr. The van der Waals surface area contributed by atoms with Gasteiger partial charge >= 0.3 is 37.9 Å². The van der Waals surface area contributed by atoms with Gasteiger partial charge in [0.1, 0.15) is 0 Å². The summed E-state index contributed by atoms with van der Waals surface area (Å²) in [6.45, 7) is 2.19. The first-order chi connectivity index (χ1) is 18.7. The van der Waals surface area contributed by atoms with Crippen LogP contribution in [0.5, 0.6) is 0 Å². The van der Waals surface area contributed by atoms with Crippen LogP contribution >= 0.6 is 17.0 Å². The van der Waals surface area contributed by atoms with Gasteiger partial charge in [-0.1, -0.05) is 113 Å². The largest absolute Gasteiger partial charge is 0.184 e. The molecule has 0 saturated heterocycles. The van der Waals surface area contributed by atoms with Gasteiger partial charge in [-0.05, 0) is 18.1 Å². The zero-order chi connectivity index (χ0) is 26.3. The first kappa shape index (κ1) is 27.0. The minimum atomic E-state index is -0.826. The third-order valence-corrected chi connectivity index (χ3v) is 7.97. The van der Waals surface area contributed by atoms with Crippen LogP contribution in [0.4, 0.5) is 0 Å². The maximum atomic E-state index is 4.93. The quantitative estimate of drug-likeness (QED) is 0.134. The van der Waals surface area contributed by atoms with Crippen molar-refractivity contribution in [3.63, 3.8) is 0 Å². The summed E-state index contributed by atoms with van der Waals surface area (Å²) in [5, 5.41) is 5.47. The Labute approximate surface area is 246 Å². The standard InChI is InChI=1S/C22H17.C12H7Si.2ClH.Zr/c1-16-12-13-19-14-20(17-8-4-2-5-9-17)15-21(19)22(16)18-10-6-3-7-11-18;1-3-7-11-9(5-1)10-6-2-4-8-12(10)13-11;;;/h2-15H,1H3;1-7H;2*1H;/q2*-1;;;+4/p-2. The normalized spacial score (nSPS) is 10.8. The van der Waals surface area contributed by atoms with Crippen LogP contribution in [0.2, 0.25) is 0 Å². The first-order valence-corrected chi connectivity index (χ1v) is 19.7. The second kappa shape index (κ2) is 13.0. The predicted molar refractivity (Wildman–Crippen MR) is 163 cm³/mol. The molecule has 0 nitrogen and oxygen atoms in total. The maximum absolute atomic E-state index is 4.93. The second-order valence-corrected chi connectivity index (χ2v) is 14.0. The van der Waals surface area contributed by atoms with E-state index < -0.39 is 20.8 Å². The van der Waals surface area contributed by atoms with Gasteiger partial charge in [-0.3, -0.25) is 0 Å². The van der Waals surface area contributed by atoms with Gasteiger partial charge in [0.25, 0.3) is 0 Å². The molecule has 1 aliphatic rings. The van der Waals surface area contributed by atoms with E-state index in [0.29, 0.717) is 0 Å². The maximum Gasteiger partial charge on any atom is 0.0920 e. The monoisotopic (exact) mass is 620 g/mol. The van der Waals surface area contributed by atoms with Gasteiger partial charge in [-0.15, -0.1) is 40.1 Å². The Hall–Kier alpha value is -2.61. The summed E-state index contributed by atoms with van der Waals surface area (Å²) in [5.74, 6) is 0. The molecule has 0 N–H and O–H groups in total. The fourth-order valence-corrected chi connectivity index (χ4v) is 6.21. The van der Waals surface area contributed by atoms with Gasteiger partial charge in [0.2, 0.25) is 0 Å². The molecule has 2 radical (unpaired) electrons. The Balaban J connectivity index is 0.000000155. The predicted octanol–water partition coefficient (Wildman–Crippen LogP) is 8.70. The summed E-state index contributed by atoms with van der Waals surface area (Å²) in [6, 6.07) is 48.5. The van der Waals surface area contributed by atoms with Crippen LogP contribution in [0.25, 0.3) is 44.2 Å². The van der Waals surface area contributed by atoms with Crippen LogP contribution in [-0.4, -0.2) is 9.52 Å². The molecule has 7 rings (SSSR count). The molecule has 0 saturated carbocycles. The number of rotatable bonds is 2. The Bertz CT molecular complexity index is 1600. The minimum Gasteiger partial charge on any atom is -0.184 e. The van der Waals surface area contributed by atoms with Crippen molar-refractivity contribution in [2.45, 2.75) is 6.92 Å². The third-order valence-electron chi connectivity index (χ3n) is 6.60. The van der Waals surface area contributed by atoms with Crippen LogP contribution in [0.15, 0.2) is 127 Å². The van der Waals surface area contributed by atoms with Crippen molar-refractivity contribution in [3.8, 4) is 33.4 Å². The molecule has 0 amide bonds. The average molecular weight is 623 g/mol. The van der Waals surface area contributed by atoms with E-state index in [4.69, 9.17) is 17.0 Å². The van der Waals surface area contributed by atoms with E-state index in [9.17, 15) is 0 Å². The van der Waals surface area contributed by atoms with Crippen LogP contribution in [0.3, 0.4) is 0 Å². The number of fused-ring (bicyclic) bond motifs is 4. The molecule has 0 atom stereocenters. The Kier molecular flexibility index (Phi) is 9.20. The SMILES string of the molecule is Cc1ccc2[cH-]c(-c3ccccc3)cc2c1-c1ccccc1.[Cl][Zr+2][Cl].[c-]1cccc2c1[Si]c1ccccc1-2. The molecule has 0 aromatic heterocycles. The molecule has 0 unspecified atom stereocenters. The van der Waals surface area contributed by atoms with E-state index >= 15 is 0 Å². The molecule has 4 heteroatoms. The van der Waals surface area contributed by atoms with E-state index in [1.807, 2.05) is 6.07 Å². The van der Waals surface area contributed by atoms with Crippen molar-refractivity contribution in [1.29, 1.82) is 0 Å². The van der Waals surface area contributed by atoms with E-state index in [0.717, 1.165) is 9.52 Å². The molecule has 38 heavy (non-hydrogen) atoms. The smallest absolute Gasteiger partial charge is 0.0920 e. The first-order valence-electron chi connectivity index (χ1n) is 12.3. The Morgan fingerprint density at radius 1 is 0.711 bits per heavy atom. The van der Waals surface area contributed by atoms with Gasteiger partial charge in [0.15, 0.2) is 0 Å². The number of hydrogen-bond acceptors (Lipinski definition) is 0. The molecule has 0 fully saturated rings. The van der Waals surface area contributed by atoms with Crippen LogP contribution < -0.4 is 10.4 Å². The van der Waals surface area contributed by atoms with Crippen molar-refractivity contribution in [2.24, 2.45) is 0 Å². The molecule has 6 aromatic rings. The molecule has 6 aromatic carbocycles. The summed E-state index contributed by atoms with van der Waals surface area (Å²) >= 11 is -0.826. The molecule has 1 heterocycles. The summed E-state index contributed by atoms with van der Waals surface area (Å²) < 4.78 is 0. The molecule has 1 aliphatic heterocycles. The van der Waals surface area contributed by atoms with Gasteiger partial charge in [0, 0.05) is 0 Å². The number of aryl methyl sites for hydroxylation is 1. The van der Waals surface area contributed by atoms with E-state index in [-0.39, 0.29) is 0 Å². The molecule has 0 aliphatic carbocycles. The average Bonchev–Trinajstić information content (AvgIpc) is 3.57. The van der Waals surface area contributed by atoms with E-state index in [1.54, 1.807) is 0 Å².